The molecule has 2 heteroatoms. The largest absolute Gasteiger partial charge is 0.290 e. The zero-order valence-corrected chi connectivity index (χ0v) is 10.2. The molecular weight excluding hydrogens is 200 g/mol. The number of Topliss-reactive ketones (excluding diaryl/α,β-unsaturated/α-hetero) is 1. The minimum atomic E-state index is -0.233. The van der Waals surface area contributed by atoms with Gasteiger partial charge in [-0.25, -0.2) is 0 Å². The van der Waals surface area contributed by atoms with Crippen LogP contribution in [0.2, 0.25) is 0 Å². The van der Waals surface area contributed by atoms with Gasteiger partial charge in [0, 0.05) is 16.7 Å². The van der Waals surface area contributed by atoms with Crippen molar-refractivity contribution in [1.82, 2.24) is 0 Å². The number of hydrogen-bond acceptors (Lipinski definition) is 2. The first-order valence-corrected chi connectivity index (χ1v) is 5.94. The quantitative estimate of drug-likeness (QED) is 0.586. The second kappa shape index (κ2) is 3.69. The molecule has 0 bridgehead atoms. The SMILES string of the molecule is CC(C)(C)C1=CC(=O)C2=C(CCCC2)C1=O. The molecule has 0 aromatic rings. The maximum atomic E-state index is 12.3. The molecule has 0 aliphatic heterocycles. The van der Waals surface area contributed by atoms with Gasteiger partial charge in [0.25, 0.3) is 0 Å². The summed E-state index contributed by atoms with van der Waals surface area (Å²) in [6, 6.07) is 0. The summed E-state index contributed by atoms with van der Waals surface area (Å²) in [5, 5.41) is 0. The Morgan fingerprint density at radius 3 is 2.12 bits per heavy atom. The average Bonchev–Trinajstić information content (AvgIpc) is 2.22. The Morgan fingerprint density at radius 1 is 1.00 bits per heavy atom. The summed E-state index contributed by atoms with van der Waals surface area (Å²) in [4.78, 5) is 24.2. The highest BCUT2D eigenvalue weighted by Crippen LogP contribution is 2.37. The molecule has 0 saturated carbocycles. The fourth-order valence-electron chi connectivity index (χ4n) is 2.43. The molecule has 0 radical (unpaired) electrons. The van der Waals surface area contributed by atoms with E-state index in [2.05, 4.69) is 0 Å². The van der Waals surface area contributed by atoms with E-state index in [1.807, 2.05) is 20.8 Å². The Hall–Kier alpha value is -1.18. The third-order valence-electron chi connectivity index (χ3n) is 3.37. The molecule has 0 amide bonds. The van der Waals surface area contributed by atoms with E-state index in [0.29, 0.717) is 5.57 Å². The van der Waals surface area contributed by atoms with Crippen molar-refractivity contribution in [3.05, 3.63) is 22.8 Å². The van der Waals surface area contributed by atoms with Gasteiger partial charge in [0.2, 0.25) is 0 Å². The molecule has 0 heterocycles. The highest BCUT2D eigenvalue weighted by atomic mass is 16.1. The van der Waals surface area contributed by atoms with Crippen LogP contribution in [0, 0.1) is 5.41 Å². The third-order valence-corrected chi connectivity index (χ3v) is 3.37. The number of rotatable bonds is 0. The van der Waals surface area contributed by atoms with E-state index in [-0.39, 0.29) is 17.0 Å². The first kappa shape index (κ1) is 11.3. The van der Waals surface area contributed by atoms with E-state index in [1.165, 1.54) is 0 Å². The molecule has 0 atom stereocenters. The first-order chi connectivity index (χ1) is 7.41. The second-order valence-corrected chi connectivity index (χ2v) is 5.67. The summed E-state index contributed by atoms with van der Waals surface area (Å²) >= 11 is 0. The molecular formula is C14H18O2. The van der Waals surface area contributed by atoms with E-state index < -0.39 is 0 Å². The maximum Gasteiger partial charge on any atom is 0.186 e. The van der Waals surface area contributed by atoms with E-state index in [4.69, 9.17) is 0 Å². The summed E-state index contributed by atoms with van der Waals surface area (Å²) in [5.41, 5.74) is 2.02. The number of allylic oxidation sites excluding steroid dienone is 4. The Balaban J connectivity index is 2.44. The Kier molecular flexibility index (Phi) is 2.61. The molecule has 0 N–H and O–H groups in total. The van der Waals surface area contributed by atoms with E-state index >= 15 is 0 Å². The summed E-state index contributed by atoms with van der Waals surface area (Å²) in [6.45, 7) is 5.95. The molecule has 0 fully saturated rings. The van der Waals surface area contributed by atoms with E-state index in [0.717, 1.165) is 36.8 Å². The van der Waals surface area contributed by atoms with Crippen molar-refractivity contribution in [2.45, 2.75) is 46.5 Å². The number of ketones is 2. The van der Waals surface area contributed by atoms with Crippen LogP contribution in [0.25, 0.3) is 0 Å². The number of hydrogen-bond donors (Lipinski definition) is 0. The maximum absolute atomic E-state index is 12.3. The summed E-state index contributed by atoms with van der Waals surface area (Å²) in [6.07, 6.45) is 5.21. The van der Waals surface area contributed by atoms with Gasteiger partial charge in [0.05, 0.1) is 0 Å². The molecule has 2 aliphatic rings. The van der Waals surface area contributed by atoms with Gasteiger partial charge >= 0.3 is 0 Å². The highest BCUT2D eigenvalue weighted by molar-refractivity contribution is 6.23. The highest BCUT2D eigenvalue weighted by Gasteiger charge is 2.34. The van der Waals surface area contributed by atoms with Crippen molar-refractivity contribution in [2.75, 3.05) is 0 Å². The van der Waals surface area contributed by atoms with Crippen LogP contribution in [-0.4, -0.2) is 11.6 Å². The van der Waals surface area contributed by atoms with Crippen molar-refractivity contribution < 1.29 is 9.59 Å². The van der Waals surface area contributed by atoms with Crippen LogP contribution in [-0.2, 0) is 9.59 Å². The zero-order chi connectivity index (χ0) is 11.9. The zero-order valence-electron chi connectivity index (χ0n) is 10.2. The van der Waals surface area contributed by atoms with Gasteiger partial charge in [-0.3, -0.25) is 9.59 Å². The van der Waals surface area contributed by atoms with Crippen LogP contribution < -0.4 is 0 Å². The van der Waals surface area contributed by atoms with Crippen molar-refractivity contribution in [3.8, 4) is 0 Å². The van der Waals surface area contributed by atoms with Crippen molar-refractivity contribution >= 4 is 11.6 Å². The molecule has 0 saturated heterocycles. The number of carbonyl (C=O) groups excluding carboxylic acids is 2. The molecule has 86 valence electrons. The fraction of sp³-hybridized carbons (Fsp3) is 0.571. The van der Waals surface area contributed by atoms with Gasteiger partial charge in [0.1, 0.15) is 0 Å². The summed E-state index contributed by atoms with van der Waals surface area (Å²) in [5.74, 6) is 0.182. The summed E-state index contributed by atoms with van der Waals surface area (Å²) in [7, 11) is 0. The van der Waals surface area contributed by atoms with Crippen molar-refractivity contribution in [2.24, 2.45) is 5.41 Å². The van der Waals surface area contributed by atoms with Crippen LogP contribution in [0.5, 0.6) is 0 Å². The first-order valence-electron chi connectivity index (χ1n) is 5.94. The monoisotopic (exact) mass is 218 g/mol. The van der Waals surface area contributed by atoms with Crippen LogP contribution >= 0.6 is 0 Å². The average molecular weight is 218 g/mol. The van der Waals surface area contributed by atoms with E-state index in [1.54, 1.807) is 6.08 Å². The Morgan fingerprint density at radius 2 is 1.56 bits per heavy atom. The van der Waals surface area contributed by atoms with E-state index in [9.17, 15) is 9.59 Å². The molecule has 0 spiro atoms. The predicted octanol–water partition coefficient (Wildman–Crippen LogP) is 2.98. The molecule has 0 aromatic carbocycles. The van der Waals surface area contributed by atoms with Gasteiger partial charge in [-0.1, -0.05) is 20.8 Å². The van der Waals surface area contributed by atoms with Gasteiger partial charge in [0.15, 0.2) is 11.6 Å². The number of carbonyl (C=O) groups is 2. The van der Waals surface area contributed by atoms with Gasteiger partial charge in [-0.2, -0.15) is 0 Å². The van der Waals surface area contributed by atoms with Gasteiger partial charge < -0.3 is 0 Å². The molecule has 16 heavy (non-hydrogen) atoms. The molecule has 0 aromatic heterocycles. The van der Waals surface area contributed by atoms with Crippen LogP contribution in [0.15, 0.2) is 22.8 Å². The normalized spacial score (nSPS) is 22.1. The summed E-state index contributed by atoms with van der Waals surface area (Å²) < 4.78 is 0. The van der Waals surface area contributed by atoms with Crippen LogP contribution in [0.4, 0.5) is 0 Å². The fourth-order valence-corrected chi connectivity index (χ4v) is 2.43. The lowest BCUT2D eigenvalue weighted by molar-refractivity contribution is -0.117. The molecule has 0 unspecified atom stereocenters. The smallest absolute Gasteiger partial charge is 0.186 e. The van der Waals surface area contributed by atoms with Gasteiger partial charge in [-0.15, -0.1) is 0 Å². The minimum Gasteiger partial charge on any atom is -0.290 e. The van der Waals surface area contributed by atoms with Crippen molar-refractivity contribution in [1.29, 1.82) is 0 Å². The lowest BCUT2D eigenvalue weighted by Crippen LogP contribution is -2.28. The second-order valence-electron chi connectivity index (χ2n) is 5.67. The Labute approximate surface area is 96.4 Å². The predicted molar refractivity (Wildman–Crippen MR) is 63.0 cm³/mol. The van der Waals surface area contributed by atoms with Crippen molar-refractivity contribution in [3.63, 3.8) is 0 Å². The molecule has 2 nitrogen and oxygen atoms in total. The van der Waals surface area contributed by atoms with Crippen LogP contribution in [0.1, 0.15) is 46.5 Å². The van der Waals surface area contributed by atoms with Gasteiger partial charge in [-0.05, 0) is 37.2 Å². The topological polar surface area (TPSA) is 34.1 Å². The Bertz CT molecular complexity index is 417. The standard InChI is InChI=1S/C14H18O2/c1-14(2,3)11-8-12(15)9-6-4-5-7-10(9)13(11)16/h8H,4-7H2,1-3H3. The lowest BCUT2D eigenvalue weighted by atomic mass is 9.73. The third kappa shape index (κ3) is 1.77. The van der Waals surface area contributed by atoms with Crippen LogP contribution in [0.3, 0.4) is 0 Å². The minimum absolute atomic E-state index is 0.0687. The molecule has 2 rings (SSSR count). The molecule has 2 aliphatic carbocycles. The lowest BCUT2D eigenvalue weighted by Gasteiger charge is -2.29.